The Morgan fingerprint density at radius 1 is 1.12 bits per heavy atom. The van der Waals surface area contributed by atoms with Gasteiger partial charge in [-0.3, -0.25) is 0 Å². The first-order valence-electron chi connectivity index (χ1n) is 8.39. The summed E-state index contributed by atoms with van der Waals surface area (Å²) in [4.78, 5) is 4.37. The van der Waals surface area contributed by atoms with Crippen molar-refractivity contribution in [1.82, 2.24) is 4.98 Å². The number of nitrogens with one attached hydrogen (secondary N) is 1. The first-order chi connectivity index (χ1) is 12.0. The summed E-state index contributed by atoms with van der Waals surface area (Å²) in [7, 11) is -1.07. The monoisotopic (exact) mass is 352 g/mol. The molecule has 0 amide bonds. The zero-order valence-electron chi connectivity index (χ0n) is 14.6. The highest BCUT2D eigenvalue weighted by atomic mass is 32.3. The fourth-order valence-electron chi connectivity index (χ4n) is 3.22. The van der Waals surface area contributed by atoms with Crippen LogP contribution >= 0.6 is 10.2 Å². The van der Waals surface area contributed by atoms with Crippen LogP contribution in [0.2, 0.25) is 0 Å². The van der Waals surface area contributed by atoms with E-state index in [2.05, 4.69) is 52.6 Å². The number of hydrogen-bond donors (Lipinski definition) is 2. The Morgan fingerprint density at radius 3 is 2.48 bits per heavy atom. The van der Waals surface area contributed by atoms with Crippen LogP contribution in [0.4, 0.5) is 11.6 Å². The quantitative estimate of drug-likeness (QED) is 0.798. The number of allylic oxidation sites excluding steroid dienone is 1. The second-order valence-corrected chi connectivity index (χ2v) is 10.4. The highest BCUT2D eigenvalue weighted by Crippen LogP contribution is 2.50. The van der Waals surface area contributed by atoms with Gasteiger partial charge in [0.05, 0.1) is 11.6 Å². The lowest BCUT2D eigenvalue weighted by atomic mass is 9.89. The number of anilines is 2. The molecule has 0 fully saturated rings. The average molecular weight is 353 g/mol. The normalized spacial score (nSPS) is 20.7. The number of nitrogen functional groups attached to an aromatic ring is 1. The highest BCUT2D eigenvalue weighted by Gasteiger charge is 2.27. The Balaban J connectivity index is 1.69. The van der Waals surface area contributed by atoms with E-state index in [1.807, 2.05) is 24.3 Å². The van der Waals surface area contributed by atoms with Crippen LogP contribution in [0.25, 0.3) is 0 Å². The summed E-state index contributed by atoms with van der Waals surface area (Å²) in [6.07, 6.45) is 11.5. The first-order valence-corrected chi connectivity index (χ1v) is 10.9. The molecule has 0 saturated heterocycles. The van der Waals surface area contributed by atoms with Crippen molar-refractivity contribution in [2.24, 2.45) is 0 Å². The van der Waals surface area contributed by atoms with Crippen LogP contribution in [-0.4, -0.2) is 22.7 Å². The van der Waals surface area contributed by atoms with Gasteiger partial charge in [0.2, 0.25) is 0 Å². The second kappa shape index (κ2) is 7.20. The second-order valence-electron chi connectivity index (χ2n) is 6.80. The smallest absolute Gasteiger partial charge is 0.136 e. The fourth-order valence-corrected chi connectivity index (χ4v) is 5.23. The van der Waals surface area contributed by atoms with E-state index in [9.17, 15) is 0 Å². The molecule has 1 aromatic heterocycles. The van der Waals surface area contributed by atoms with Gasteiger partial charge < -0.3 is 10.5 Å². The molecule has 0 saturated carbocycles. The van der Waals surface area contributed by atoms with Crippen molar-refractivity contribution in [3.8, 4) is 6.07 Å². The van der Waals surface area contributed by atoms with E-state index in [1.54, 1.807) is 6.07 Å². The van der Waals surface area contributed by atoms with Crippen molar-refractivity contribution >= 4 is 21.8 Å². The lowest BCUT2D eigenvalue weighted by molar-refractivity contribution is 0.660. The topological polar surface area (TPSA) is 74.7 Å². The molecule has 0 spiro atoms. The molecule has 5 heteroatoms. The lowest BCUT2D eigenvalue weighted by Gasteiger charge is -2.41. The molecule has 1 heterocycles. The van der Waals surface area contributed by atoms with Gasteiger partial charge in [-0.25, -0.2) is 4.98 Å². The van der Waals surface area contributed by atoms with Gasteiger partial charge in [0, 0.05) is 11.2 Å². The van der Waals surface area contributed by atoms with Crippen molar-refractivity contribution < 1.29 is 0 Å². The maximum atomic E-state index is 8.92. The zero-order chi connectivity index (χ0) is 17.9. The zero-order valence-corrected chi connectivity index (χ0v) is 15.5. The molecule has 1 aromatic carbocycles. The summed E-state index contributed by atoms with van der Waals surface area (Å²) in [5.41, 5.74) is 7.78. The maximum Gasteiger partial charge on any atom is 0.136 e. The van der Waals surface area contributed by atoms with E-state index < -0.39 is 10.2 Å². The van der Waals surface area contributed by atoms with Gasteiger partial charge in [-0.05, 0) is 55.2 Å². The summed E-state index contributed by atoms with van der Waals surface area (Å²) in [5.74, 6) is 1.83. The van der Waals surface area contributed by atoms with E-state index in [1.165, 1.54) is 5.56 Å². The minimum atomic E-state index is -1.07. The highest BCUT2D eigenvalue weighted by molar-refractivity contribution is 8.34. The third-order valence-electron chi connectivity index (χ3n) is 4.68. The van der Waals surface area contributed by atoms with Gasteiger partial charge in [0.15, 0.2) is 0 Å². The summed E-state index contributed by atoms with van der Waals surface area (Å²) < 4.78 is 3.60. The summed E-state index contributed by atoms with van der Waals surface area (Å²) >= 11 is 0. The van der Waals surface area contributed by atoms with Gasteiger partial charge in [0.1, 0.15) is 11.6 Å². The molecule has 0 aliphatic heterocycles. The molecule has 4 nitrogen and oxygen atoms in total. The predicted molar refractivity (Wildman–Crippen MR) is 108 cm³/mol. The van der Waals surface area contributed by atoms with Crippen molar-refractivity contribution in [3.63, 3.8) is 0 Å². The van der Waals surface area contributed by atoms with Gasteiger partial charge in [-0.15, -0.1) is 0 Å². The minimum absolute atomic E-state index is 0.435. The van der Waals surface area contributed by atoms with E-state index in [0.717, 1.165) is 18.7 Å². The molecule has 3 N–H and O–H groups in total. The van der Waals surface area contributed by atoms with Gasteiger partial charge >= 0.3 is 0 Å². The largest absolute Gasteiger partial charge is 0.384 e. The number of pyridine rings is 1. The number of hydrogen-bond acceptors (Lipinski definition) is 4. The molecule has 0 radical (unpaired) electrons. The Kier molecular flexibility index (Phi) is 5.00. The lowest BCUT2D eigenvalue weighted by Crippen LogP contribution is -2.24. The number of benzene rings is 1. The average Bonchev–Trinajstić information content (AvgIpc) is 2.61. The minimum Gasteiger partial charge on any atom is -0.384 e. The predicted octanol–water partition coefficient (Wildman–Crippen LogP) is 4.43. The summed E-state index contributed by atoms with van der Waals surface area (Å²) in [6, 6.07) is 15.8. The van der Waals surface area contributed by atoms with E-state index in [0.29, 0.717) is 22.5 Å². The molecule has 25 heavy (non-hydrogen) atoms. The third-order valence-corrected chi connectivity index (χ3v) is 7.33. The molecule has 3 rings (SSSR count). The number of aromatic nitrogens is 1. The van der Waals surface area contributed by atoms with Crippen molar-refractivity contribution in [3.05, 3.63) is 65.7 Å². The van der Waals surface area contributed by atoms with Crippen LogP contribution in [0.3, 0.4) is 0 Å². The number of nitrogens with two attached hydrogens (primary N) is 1. The number of nitriles is 1. The molecule has 1 aliphatic rings. The molecular formula is C20H24N4S. The first kappa shape index (κ1) is 17.4. The van der Waals surface area contributed by atoms with E-state index in [4.69, 9.17) is 11.0 Å². The summed E-state index contributed by atoms with van der Waals surface area (Å²) in [6.45, 7) is 0. The Bertz CT molecular complexity index is 805. The van der Waals surface area contributed by atoms with Gasteiger partial charge in [-0.2, -0.15) is 15.5 Å². The van der Waals surface area contributed by atoms with Crippen LogP contribution in [0.1, 0.15) is 29.9 Å². The van der Waals surface area contributed by atoms with Crippen molar-refractivity contribution in [1.29, 1.82) is 5.26 Å². The fraction of sp³-hybridized carbons (Fsp3) is 0.300. The number of nitrogens with zero attached hydrogens (tertiary/aromatic N) is 2. The van der Waals surface area contributed by atoms with Crippen molar-refractivity contribution in [2.45, 2.75) is 24.0 Å². The van der Waals surface area contributed by atoms with Crippen LogP contribution < -0.4 is 10.5 Å². The van der Waals surface area contributed by atoms with Crippen molar-refractivity contribution in [2.75, 3.05) is 23.0 Å². The van der Waals surface area contributed by atoms with Crippen LogP contribution in [0.5, 0.6) is 0 Å². The maximum absolute atomic E-state index is 8.92. The van der Waals surface area contributed by atoms with Gasteiger partial charge in [-0.1, -0.05) is 30.4 Å². The van der Waals surface area contributed by atoms with E-state index in [-0.39, 0.29) is 0 Å². The van der Waals surface area contributed by atoms with Crippen LogP contribution in [0, 0.1) is 11.3 Å². The van der Waals surface area contributed by atoms with Crippen LogP contribution in [-0.2, 0) is 0 Å². The standard InChI is InChI=1S/C20H24N4S/c1-25(2,24-20-5-3-4-19(22)23-20)18-12-10-17(11-13-18)16-8-6-15(14-21)7-9-16/h3-10,12,17-18H,11,13H2,1-2H3,(H3,22,23,24). The molecular weight excluding hydrogens is 328 g/mol. The molecule has 1 aliphatic carbocycles. The molecule has 2 atom stereocenters. The van der Waals surface area contributed by atoms with Crippen LogP contribution in [0.15, 0.2) is 54.6 Å². The molecule has 2 aromatic rings. The molecule has 0 bridgehead atoms. The molecule has 130 valence electrons. The number of rotatable bonds is 4. The Labute approximate surface area is 151 Å². The molecule has 2 unspecified atom stereocenters. The Hall–Kier alpha value is -2.45. The van der Waals surface area contributed by atoms with E-state index >= 15 is 0 Å². The Morgan fingerprint density at radius 2 is 1.88 bits per heavy atom. The third kappa shape index (κ3) is 4.15. The summed E-state index contributed by atoms with van der Waals surface area (Å²) in [5, 5.41) is 9.43. The van der Waals surface area contributed by atoms with Gasteiger partial charge in [0.25, 0.3) is 0 Å². The SMILES string of the molecule is CS(C)(Nc1cccc(N)n1)C1C=CC(c2ccc(C#N)cc2)CC1.